The van der Waals surface area contributed by atoms with Crippen molar-refractivity contribution in [2.45, 2.75) is 19.3 Å². The van der Waals surface area contributed by atoms with Gasteiger partial charge in [0, 0.05) is 0 Å². The first-order valence-electron chi connectivity index (χ1n) is 4.68. The molecule has 3 heterocycles. The van der Waals surface area contributed by atoms with Crippen LogP contribution >= 0.6 is 0 Å². The Hall–Kier alpha value is -0.680. The number of nitrogens with zero attached hydrogens (tertiary/aromatic N) is 2. The third-order valence-corrected chi connectivity index (χ3v) is 2.96. The van der Waals surface area contributed by atoms with E-state index in [4.69, 9.17) is 22.8 Å². The second kappa shape index (κ2) is 4.45. The summed E-state index contributed by atoms with van der Waals surface area (Å²) in [6, 6.07) is 2.48. The normalized spacial score (nSPS) is 33.8. The zero-order valence-corrected chi connectivity index (χ0v) is 9.07. The number of piperidine rings is 3. The van der Waals surface area contributed by atoms with Crippen molar-refractivity contribution in [1.82, 2.24) is 4.90 Å². The molecular formula is C8H14N2O4S. The van der Waals surface area contributed by atoms with Gasteiger partial charge in [-0.2, -0.15) is 13.7 Å². The van der Waals surface area contributed by atoms with Gasteiger partial charge in [-0.25, -0.2) is 0 Å². The van der Waals surface area contributed by atoms with Gasteiger partial charge in [-0.15, -0.1) is 0 Å². The Morgan fingerprint density at radius 1 is 1.13 bits per heavy atom. The minimum absolute atomic E-state index is 0.0920. The Kier molecular flexibility index (Phi) is 3.67. The van der Waals surface area contributed by atoms with E-state index in [-0.39, 0.29) is 5.41 Å². The van der Waals surface area contributed by atoms with E-state index in [1.807, 2.05) is 0 Å². The molecule has 3 fully saturated rings. The molecule has 3 aliphatic rings. The predicted molar refractivity (Wildman–Crippen MR) is 52.5 cm³/mol. The number of nitriles is 1. The Morgan fingerprint density at radius 2 is 1.47 bits per heavy atom. The second-order valence-corrected chi connectivity index (χ2v) is 4.83. The maximum atomic E-state index is 8.90. The molecule has 86 valence electrons. The van der Waals surface area contributed by atoms with Crippen LogP contribution in [0.4, 0.5) is 0 Å². The second-order valence-electron chi connectivity index (χ2n) is 3.93. The molecule has 2 bridgehead atoms. The number of hydrogen-bond donors (Lipinski definition) is 2. The van der Waals surface area contributed by atoms with Gasteiger partial charge in [-0.1, -0.05) is 0 Å². The largest absolute Gasteiger partial charge is 0.394 e. The zero-order valence-electron chi connectivity index (χ0n) is 8.26. The van der Waals surface area contributed by atoms with Gasteiger partial charge in [-0.3, -0.25) is 9.11 Å². The molecule has 3 saturated heterocycles. The van der Waals surface area contributed by atoms with Gasteiger partial charge in [0.2, 0.25) is 0 Å². The van der Waals surface area contributed by atoms with E-state index in [0.29, 0.717) is 0 Å². The zero-order chi connectivity index (χ0) is 11.5. The first-order chi connectivity index (χ1) is 6.85. The molecule has 0 aliphatic carbocycles. The lowest BCUT2D eigenvalue weighted by Crippen LogP contribution is -2.47. The number of hydrogen-bond acceptors (Lipinski definition) is 4. The van der Waals surface area contributed by atoms with Gasteiger partial charge in [0.05, 0.1) is 11.5 Å². The molecule has 3 rings (SSSR count). The van der Waals surface area contributed by atoms with E-state index in [9.17, 15) is 0 Å². The number of rotatable bonds is 0. The van der Waals surface area contributed by atoms with Gasteiger partial charge >= 0.3 is 10.4 Å². The van der Waals surface area contributed by atoms with Gasteiger partial charge < -0.3 is 4.90 Å². The fraction of sp³-hybridized carbons (Fsp3) is 0.875. The first-order valence-corrected chi connectivity index (χ1v) is 6.08. The topological polar surface area (TPSA) is 102 Å². The van der Waals surface area contributed by atoms with Crippen molar-refractivity contribution in [3.63, 3.8) is 0 Å². The van der Waals surface area contributed by atoms with Crippen molar-refractivity contribution in [3.05, 3.63) is 0 Å². The summed E-state index contributed by atoms with van der Waals surface area (Å²) in [5.74, 6) is 0. The van der Waals surface area contributed by atoms with E-state index >= 15 is 0 Å². The van der Waals surface area contributed by atoms with Crippen LogP contribution < -0.4 is 0 Å². The van der Waals surface area contributed by atoms with E-state index in [0.717, 1.165) is 38.9 Å². The summed E-state index contributed by atoms with van der Waals surface area (Å²) >= 11 is 0. The highest BCUT2D eigenvalue weighted by molar-refractivity contribution is 7.79. The molecule has 0 atom stereocenters. The SMILES string of the molecule is N#CC12CCN(CC1)CC2.O=S(=O)(O)O. The third-order valence-electron chi connectivity index (χ3n) is 2.96. The summed E-state index contributed by atoms with van der Waals surface area (Å²) in [6.07, 6.45) is 3.34. The monoisotopic (exact) mass is 234 g/mol. The van der Waals surface area contributed by atoms with Crippen molar-refractivity contribution in [1.29, 1.82) is 5.26 Å². The van der Waals surface area contributed by atoms with Crippen LogP contribution in [0.15, 0.2) is 0 Å². The molecule has 0 aromatic rings. The molecule has 7 heteroatoms. The standard InChI is InChI=1S/C8H12N2.H2O4S/c9-7-8-1-4-10(5-2-8)6-3-8;1-5(2,3)4/h1-6H2;(H2,1,2,3,4). The lowest BCUT2D eigenvalue weighted by Gasteiger charge is -2.44. The van der Waals surface area contributed by atoms with Crippen LogP contribution in [0.1, 0.15) is 19.3 Å². The van der Waals surface area contributed by atoms with Gasteiger partial charge in [0.1, 0.15) is 0 Å². The first kappa shape index (κ1) is 12.4. The van der Waals surface area contributed by atoms with E-state index in [2.05, 4.69) is 11.0 Å². The molecular weight excluding hydrogens is 220 g/mol. The minimum Gasteiger partial charge on any atom is -0.303 e. The van der Waals surface area contributed by atoms with Crippen LogP contribution in [0, 0.1) is 16.7 Å². The van der Waals surface area contributed by atoms with Gasteiger partial charge in [0.25, 0.3) is 0 Å². The van der Waals surface area contributed by atoms with Crippen LogP contribution in [0.5, 0.6) is 0 Å². The predicted octanol–water partition coefficient (Wildman–Crippen LogP) is 0.343. The minimum atomic E-state index is -4.67. The summed E-state index contributed by atoms with van der Waals surface area (Å²) in [6.45, 7) is 3.48. The fourth-order valence-corrected chi connectivity index (χ4v) is 1.99. The van der Waals surface area contributed by atoms with Crippen molar-refractivity contribution in [2.24, 2.45) is 5.41 Å². The smallest absolute Gasteiger partial charge is 0.303 e. The molecule has 0 amide bonds. The van der Waals surface area contributed by atoms with Crippen LogP contribution in [0.2, 0.25) is 0 Å². The summed E-state index contributed by atoms with van der Waals surface area (Å²) in [5, 5.41) is 8.90. The Bertz CT molecular complexity index is 330. The van der Waals surface area contributed by atoms with Crippen molar-refractivity contribution >= 4 is 10.4 Å². The van der Waals surface area contributed by atoms with E-state index in [1.165, 1.54) is 0 Å². The van der Waals surface area contributed by atoms with Crippen LogP contribution in [-0.4, -0.2) is 42.1 Å². The van der Waals surface area contributed by atoms with E-state index < -0.39 is 10.4 Å². The van der Waals surface area contributed by atoms with Gasteiger partial charge in [-0.05, 0) is 38.9 Å². The molecule has 2 N–H and O–H groups in total. The third kappa shape index (κ3) is 4.13. The fourth-order valence-electron chi connectivity index (χ4n) is 1.99. The summed E-state index contributed by atoms with van der Waals surface area (Å²) in [4.78, 5) is 2.46. The molecule has 0 saturated carbocycles. The summed E-state index contributed by atoms with van der Waals surface area (Å²) < 4.78 is 31.6. The quantitative estimate of drug-likeness (QED) is 0.586. The molecule has 6 nitrogen and oxygen atoms in total. The van der Waals surface area contributed by atoms with Crippen LogP contribution in [-0.2, 0) is 10.4 Å². The summed E-state index contributed by atoms with van der Waals surface area (Å²) in [7, 11) is -4.67. The lowest BCUT2D eigenvalue weighted by molar-refractivity contribution is 0.0666. The Morgan fingerprint density at radius 3 is 1.67 bits per heavy atom. The van der Waals surface area contributed by atoms with Gasteiger partial charge in [0.15, 0.2) is 0 Å². The summed E-state index contributed by atoms with van der Waals surface area (Å²) in [5.41, 5.74) is 0.0920. The highest BCUT2D eigenvalue weighted by Crippen LogP contribution is 2.38. The molecule has 15 heavy (non-hydrogen) atoms. The molecule has 0 radical (unpaired) electrons. The lowest BCUT2D eigenvalue weighted by atomic mass is 9.73. The average Bonchev–Trinajstić information content (AvgIpc) is 2.18. The van der Waals surface area contributed by atoms with E-state index in [1.54, 1.807) is 0 Å². The van der Waals surface area contributed by atoms with Crippen molar-refractivity contribution in [2.75, 3.05) is 19.6 Å². The molecule has 3 aliphatic heterocycles. The highest BCUT2D eigenvalue weighted by atomic mass is 32.3. The maximum absolute atomic E-state index is 8.90. The Labute approximate surface area is 89.1 Å². The molecule has 0 unspecified atom stereocenters. The maximum Gasteiger partial charge on any atom is 0.394 e. The number of fused-ring (bicyclic) bond motifs is 3. The molecule has 0 aromatic carbocycles. The average molecular weight is 234 g/mol. The molecule has 0 spiro atoms. The highest BCUT2D eigenvalue weighted by Gasteiger charge is 2.39. The van der Waals surface area contributed by atoms with Crippen molar-refractivity contribution in [3.8, 4) is 6.07 Å². The molecule has 0 aromatic heterocycles. The van der Waals surface area contributed by atoms with Crippen LogP contribution in [0.25, 0.3) is 0 Å². The van der Waals surface area contributed by atoms with Crippen molar-refractivity contribution < 1.29 is 17.5 Å². The Balaban J connectivity index is 0.000000195. The van der Waals surface area contributed by atoms with Crippen LogP contribution in [0.3, 0.4) is 0 Å².